The summed E-state index contributed by atoms with van der Waals surface area (Å²) < 4.78 is 25.7. The largest absolute Gasteiger partial charge is 0.344 e. The predicted molar refractivity (Wildman–Crippen MR) is 109 cm³/mol. The Morgan fingerprint density at radius 2 is 1.90 bits per heavy atom. The number of tetrazole rings is 1. The van der Waals surface area contributed by atoms with Crippen molar-refractivity contribution in [3.63, 3.8) is 0 Å². The molecule has 3 aromatic rings. The van der Waals surface area contributed by atoms with E-state index in [0.717, 1.165) is 22.5 Å². The highest BCUT2D eigenvalue weighted by atomic mass is 32.2. The molecule has 4 rings (SSSR count). The molecule has 0 N–H and O–H groups in total. The Hall–Kier alpha value is -2.81. The van der Waals surface area contributed by atoms with Crippen molar-refractivity contribution >= 4 is 15.6 Å². The monoisotopic (exact) mass is 413 g/mol. The average Bonchev–Trinajstić information content (AvgIpc) is 3.33. The van der Waals surface area contributed by atoms with Crippen LogP contribution in [0.3, 0.4) is 0 Å². The van der Waals surface area contributed by atoms with Gasteiger partial charge in [0.2, 0.25) is 5.82 Å². The van der Waals surface area contributed by atoms with E-state index in [1.807, 2.05) is 55.7 Å². The van der Waals surface area contributed by atoms with Crippen LogP contribution >= 0.6 is 0 Å². The van der Waals surface area contributed by atoms with E-state index in [9.17, 15) is 13.2 Å². The van der Waals surface area contributed by atoms with Gasteiger partial charge in [-0.05, 0) is 38.5 Å². The Morgan fingerprint density at radius 1 is 1.17 bits per heavy atom. The third-order valence-corrected chi connectivity index (χ3v) is 7.16. The highest BCUT2D eigenvalue weighted by molar-refractivity contribution is 7.91. The standard InChI is InChI=1S/C20H23N5O3S/c1-13-4-6-16(7-5-13)20-21-23-24(22-20)11-19(26)18-10-14(2)25(15(18)3)17-8-9-29(27,28)12-17/h4-7,10,17H,8-9,11-12H2,1-3H3. The molecule has 0 saturated carbocycles. The smallest absolute Gasteiger partial charge is 0.204 e. The minimum Gasteiger partial charge on any atom is -0.344 e. The number of carbonyl (C=O) groups excluding carboxylic acids is 1. The summed E-state index contributed by atoms with van der Waals surface area (Å²) in [5.41, 5.74) is 4.23. The van der Waals surface area contributed by atoms with E-state index in [1.165, 1.54) is 4.80 Å². The Morgan fingerprint density at radius 3 is 2.55 bits per heavy atom. The summed E-state index contributed by atoms with van der Waals surface area (Å²) in [6.07, 6.45) is 0.580. The van der Waals surface area contributed by atoms with Gasteiger partial charge in [0.1, 0.15) is 6.54 Å². The Balaban J connectivity index is 1.54. The molecule has 0 spiro atoms. The van der Waals surface area contributed by atoms with Gasteiger partial charge >= 0.3 is 0 Å². The summed E-state index contributed by atoms with van der Waals surface area (Å²) >= 11 is 0. The van der Waals surface area contributed by atoms with Gasteiger partial charge in [0.05, 0.1) is 11.5 Å². The summed E-state index contributed by atoms with van der Waals surface area (Å²) in [6, 6.07) is 9.49. The van der Waals surface area contributed by atoms with E-state index in [2.05, 4.69) is 15.4 Å². The van der Waals surface area contributed by atoms with Gasteiger partial charge in [-0.25, -0.2) is 8.42 Å². The van der Waals surface area contributed by atoms with Crippen molar-refractivity contribution < 1.29 is 13.2 Å². The number of hydrogen-bond donors (Lipinski definition) is 0. The zero-order valence-electron chi connectivity index (χ0n) is 16.7. The predicted octanol–water partition coefficient (Wildman–Crippen LogP) is 2.31. The summed E-state index contributed by atoms with van der Waals surface area (Å²) in [7, 11) is -3.00. The zero-order chi connectivity index (χ0) is 20.8. The van der Waals surface area contributed by atoms with E-state index < -0.39 is 9.84 Å². The lowest BCUT2D eigenvalue weighted by Crippen LogP contribution is -2.16. The van der Waals surface area contributed by atoms with Crippen molar-refractivity contribution in [2.24, 2.45) is 0 Å². The van der Waals surface area contributed by atoms with Crippen LogP contribution < -0.4 is 0 Å². The van der Waals surface area contributed by atoms with Crippen molar-refractivity contribution in [3.8, 4) is 11.4 Å². The maximum absolute atomic E-state index is 12.9. The van der Waals surface area contributed by atoms with Crippen LogP contribution in [0, 0.1) is 20.8 Å². The van der Waals surface area contributed by atoms with Gasteiger partial charge in [0.15, 0.2) is 15.6 Å². The van der Waals surface area contributed by atoms with E-state index >= 15 is 0 Å². The van der Waals surface area contributed by atoms with Crippen molar-refractivity contribution in [2.75, 3.05) is 11.5 Å². The topological polar surface area (TPSA) is 99.7 Å². The second kappa shape index (κ2) is 7.22. The summed E-state index contributed by atoms with van der Waals surface area (Å²) in [6.45, 7) is 5.74. The third-order valence-electron chi connectivity index (χ3n) is 5.41. The van der Waals surface area contributed by atoms with Gasteiger partial charge in [-0.1, -0.05) is 29.8 Å². The van der Waals surface area contributed by atoms with Gasteiger partial charge in [-0.3, -0.25) is 4.79 Å². The number of Topliss-reactive ketones (excluding diaryl/α,β-unsaturated/α-hetero) is 1. The summed E-state index contributed by atoms with van der Waals surface area (Å²) in [4.78, 5) is 14.2. The van der Waals surface area contributed by atoms with E-state index in [-0.39, 0.29) is 29.9 Å². The molecular formula is C20H23N5O3S. The molecule has 0 radical (unpaired) electrons. The first-order chi connectivity index (χ1) is 13.7. The van der Waals surface area contributed by atoms with Crippen LogP contribution in [0.2, 0.25) is 0 Å². The second-order valence-corrected chi connectivity index (χ2v) is 9.87. The molecular weight excluding hydrogens is 390 g/mol. The lowest BCUT2D eigenvalue weighted by atomic mass is 10.1. The van der Waals surface area contributed by atoms with Gasteiger partial charge in [-0.2, -0.15) is 4.80 Å². The van der Waals surface area contributed by atoms with Crippen LogP contribution in [-0.4, -0.2) is 50.5 Å². The molecule has 0 bridgehead atoms. The minimum absolute atomic E-state index is 0.0217. The Kier molecular flexibility index (Phi) is 4.85. The quantitative estimate of drug-likeness (QED) is 0.595. The first-order valence-electron chi connectivity index (χ1n) is 9.50. The fraction of sp³-hybridized carbons (Fsp3) is 0.400. The molecule has 29 heavy (non-hydrogen) atoms. The maximum Gasteiger partial charge on any atom is 0.204 e. The van der Waals surface area contributed by atoms with E-state index in [1.54, 1.807) is 0 Å². The van der Waals surface area contributed by atoms with Crippen molar-refractivity contribution in [1.29, 1.82) is 0 Å². The molecule has 1 unspecified atom stereocenters. The van der Waals surface area contributed by atoms with Crippen molar-refractivity contribution in [3.05, 3.63) is 52.8 Å². The van der Waals surface area contributed by atoms with Gasteiger partial charge < -0.3 is 4.57 Å². The van der Waals surface area contributed by atoms with Crippen LogP contribution in [0.25, 0.3) is 11.4 Å². The minimum atomic E-state index is -3.00. The summed E-state index contributed by atoms with van der Waals surface area (Å²) in [5.74, 6) is 0.669. The average molecular weight is 414 g/mol. The molecule has 8 nitrogen and oxygen atoms in total. The number of hydrogen-bond acceptors (Lipinski definition) is 6. The molecule has 1 fully saturated rings. The number of aromatic nitrogens is 5. The van der Waals surface area contributed by atoms with Crippen molar-refractivity contribution in [2.45, 2.75) is 39.8 Å². The van der Waals surface area contributed by atoms with E-state index in [4.69, 9.17) is 0 Å². The second-order valence-electron chi connectivity index (χ2n) is 7.64. The van der Waals surface area contributed by atoms with Gasteiger partial charge in [0, 0.05) is 28.6 Å². The number of rotatable bonds is 5. The normalized spacial score (nSPS) is 18.2. The molecule has 3 heterocycles. The number of nitrogens with zero attached hydrogens (tertiary/aromatic N) is 5. The molecule has 1 aromatic carbocycles. The number of carbonyl (C=O) groups is 1. The fourth-order valence-corrected chi connectivity index (χ4v) is 5.64. The van der Waals surface area contributed by atoms with Crippen LogP contribution in [0.5, 0.6) is 0 Å². The molecule has 2 aromatic heterocycles. The van der Waals surface area contributed by atoms with Crippen LogP contribution in [-0.2, 0) is 16.4 Å². The lowest BCUT2D eigenvalue weighted by Gasteiger charge is -2.16. The Bertz CT molecular complexity index is 1180. The van der Waals surface area contributed by atoms with Gasteiger partial charge in [0.25, 0.3) is 0 Å². The first kappa shape index (κ1) is 19.5. The lowest BCUT2D eigenvalue weighted by molar-refractivity contribution is 0.0960. The van der Waals surface area contributed by atoms with Gasteiger partial charge in [-0.15, -0.1) is 10.2 Å². The number of benzene rings is 1. The third kappa shape index (κ3) is 3.87. The van der Waals surface area contributed by atoms with E-state index in [0.29, 0.717) is 17.8 Å². The highest BCUT2D eigenvalue weighted by Gasteiger charge is 2.31. The molecule has 9 heteroatoms. The number of ketones is 1. The molecule has 1 atom stereocenters. The van der Waals surface area contributed by atoms with Crippen LogP contribution in [0.4, 0.5) is 0 Å². The number of sulfone groups is 1. The molecule has 1 aliphatic rings. The maximum atomic E-state index is 12.9. The molecule has 1 aliphatic heterocycles. The number of aryl methyl sites for hydroxylation is 2. The zero-order valence-corrected chi connectivity index (χ0v) is 17.5. The molecule has 0 aliphatic carbocycles. The fourth-order valence-electron chi connectivity index (χ4n) is 3.94. The molecule has 152 valence electrons. The molecule has 0 amide bonds. The van der Waals surface area contributed by atoms with Crippen LogP contribution in [0.15, 0.2) is 30.3 Å². The van der Waals surface area contributed by atoms with Crippen LogP contribution in [0.1, 0.15) is 39.8 Å². The molecule has 1 saturated heterocycles. The SMILES string of the molecule is Cc1ccc(-c2nnn(CC(=O)c3cc(C)n(C4CCS(=O)(=O)C4)c3C)n2)cc1. The summed E-state index contributed by atoms with van der Waals surface area (Å²) in [5, 5.41) is 12.4. The highest BCUT2D eigenvalue weighted by Crippen LogP contribution is 2.29. The van der Waals surface area contributed by atoms with Crippen molar-refractivity contribution in [1.82, 2.24) is 24.8 Å². The Labute approximate surface area is 169 Å². The first-order valence-corrected chi connectivity index (χ1v) is 11.3.